The third-order valence-corrected chi connectivity index (χ3v) is 1.51. The van der Waals surface area contributed by atoms with Crippen molar-refractivity contribution in [2.24, 2.45) is 0 Å². The van der Waals surface area contributed by atoms with Gasteiger partial charge in [0.25, 0.3) is 0 Å². The molecule has 2 nitrogen and oxygen atoms in total. The van der Waals surface area contributed by atoms with Gasteiger partial charge in [0.2, 0.25) is 0 Å². The molecule has 0 aromatic heterocycles. The van der Waals surface area contributed by atoms with E-state index in [-0.39, 0.29) is 0 Å². The van der Waals surface area contributed by atoms with Crippen molar-refractivity contribution in [3.63, 3.8) is 0 Å². The second-order valence-corrected chi connectivity index (χ2v) is 2.65. The molecule has 0 aliphatic carbocycles. The van der Waals surface area contributed by atoms with Gasteiger partial charge in [0.15, 0.2) is 0 Å². The maximum absolute atomic E-state index is 7.17. The zero-order valence-electron chi connectivity index (χ0n) is 4.69. The lowest BCUT2D eigenvalue weighted by atomic mass is 10.3. The van der Waals surface area contributed by atoms with Crippen LogP contribution in [0.1, 0.15) is 0 Å². The quantitative estimate of drug-likeness (QED) is 0.622. The molecule has 1 aromatic rings. The van der Waals surface area contributed by atoms with Crippen LogP contribution in [0.15, 0.2) is 22.7 Å². The first-order valence-electron chi connectivity index (χ1n) is 2.47. The Morgan fingerprint density at radius 1 is 1.44 bits per heavy atom. The number of benzene rings is 1. The van der Waals surface area contributed by atoms with Crippen molar-refractivity contribution in [1.82, 2.24) is 0 Å². The van der Waals surface area contributed by atoms with Gasteiger partial charge >= 0.3 is 0 Å². The highest BCUT2D eigenvalue weighted by molar-refractivity contribution is 9.10. The molecule has 0 aliphatic rings. The normalized spacial score (nSPS) is 9.44. The second kappa shape index (κ2) is 2.27. The van der Waals surface area contributed by atoms with Gasteiger partial charge in [0.05, 0.1) is 0 Å². The fourth-order valence-electron chi connectivity index (χ4n) is 0.534. The van der Waals surface area contributed by atoms with Crippen LogP contribution in [0.25, 0.3) is 5.73 Å². The molecule has 0 spiro atoms. The molecular weight excluding hydrogens is 180 g/mol. The summed E-state index contributed by atoms with van der Waals surface area (Å²) in [4.78, 5) is 0. The summed E-state index contributed by atoms with van der Waals surface area (Å²) in [5.41, 5.74) is 13.5. The molecule has 0 heterocycles. The molecule has 1 aromatic carbocycles. The fourth-order valence-corrected chi connectivity index (χ4v) is 0.912. The molecule has 3 N–H and O–H groups in total. The van der Waals surface area contributed by atoms with Crippen LogP contribution in [0, 0.1) is 0 Å². The topological polar surface area (TPSA) is 49.8 Å². The van der Waals surface area contributed by atoms with Gasteiger partial charge in [0, 0.05) is 10.2 Å². The van der Waals surface area contributed by atoms with Crippen molar-refractivity contribution in [3.05, 3.63) is 28.4 Å². The minimum atomic E-state index is 0.373. The second-order valence-electron chi connectivity index (χ2n) is 1.73. The molecule has 0 bridgehead atoms. The van der Waals surface area contributed by atoms with Crippen molar-refractivity contribution in [2.75, 3.05) is 5.73 Å². The smallest absolute Gasteiger partial charge is 0.0194 e. The zero-order chi connectivity index (χ0) is 6.85. The van der Waals surface area contributed by atoms with Crippen molar-refractivity contribution in [3.8, 4) is 0 Å². The number of rotatable bonds is 0. The zero-order valence-corrected chi connectivity index (χ0v) is 6.27. The number of hydrogen-bond acceptors (Lipinski definition) is 1. The summed E-state index contributed by atoms with van der Waals surface area (Å²) in [6.45, 7) is 0. The highest BCUT2D eigenvalue weighted by Gasteiger charge is 1.86. The summed E-state index contributed by atoms with van der Waals surface area (Å²) in [6.07, 6.45) is 0. The number of nitrogen functional groups attached to an aromatic ring is 1. The summed E-state index contributed by atoms with van der Waals surface area (Å²) < 4.78 is 0.913. The molecule has 0 radical (unpaired) electrons. The molecule has 48 valence electrons. The summed E-state index contributed by atoms with van der Waals surface area (Å²) in [5.74, 6) is 0. The summed E-state index contributed by atoms with van der Waals surface area (Å²) in [6, 6.07) is 5.15. The lowest BCUT2D eigenvalue weighted by Crippen LogP contribution is -1.82. The highest BCUT2D eigenvalue weighted by atomic mass is 79.9. The van der Waals surface area contributed by atoms with Crippen LogP contribution in [-0.4, -0.2) is 0 Å². The monoisotopic (exact) mass is 185 g/mol. The van der Waals surface area contributed by atoms with Crippen molar-refractivity contribution in [2.45, 2.75) is 0 Å². The molecule has 9 heavy (non-hydrogen) atoms. The molecule has 0 saturated carbocycles. The predicted octanol–water partition coefficient (Wildman–Crippen LogP) is 2.71. The van der Waals surface area contributed by atoms with Crippen molar-refractivity contribution < 1.29 is 0 Å². The van der Waals surface area contributed by atoms with Gasteiger partial charge < -0.3 is 11.5 Å². The molecule has 1 rings (SSSR count). The van der Waals surface area contributed by atoms with Gasteiger partial charge in [-0.3, -0.25) is 0 Å². The van der Waals surface area contributed by atoms with Crippen molar-refractivity contribution in [1.29, 1.82) is 0 Å². The lowest BCUT2D eigenvalue weighted by molar-refractivity contribution is 1.65. The first kappa shape index (κ1) is 6.42. The number of anilines is 1. The van der Waals surface area contributed by atoms with Gasteiger partial charge in [-0.2, -0.15) is 0 Å². The Kier molecular flexibility index (Phi) is 1.62. The van der Waals surface area contributed by atoms with Crippen LogP contribution in [-0.2, 0) is 0 Å². The Hall–Kier alpha value is -0.700. The van der Waals surface area contributed by atoms with Crippen LogP contribution in [0.2, 0.25) is 0 Å². The largest absolute Gasteiger partial charge is 0.697 e. The third kappa shape index (κ3) is 1.36. The average molecular weight is 186 g/mol. The fraction of sp³-hybridized carbons (Fsp3) is 0. The van der Waals surface area contributed by atoms with E-state index in [1.54, 1.807) is 18.2 Å². The van der Waals surface area contributed by atoms with E-state index in [0.717, 1.165) is 4.47 Å². The number of nitrogens with one attached hydrogen (secondary N) is 1. The number of nitrogens with two attached hydrogens (primary N) is 1. The van der Waals surface area contributed by atoms with Crippen LogP contribution < -0.4 is 5.73 Å². The lowest BCUT2D eigenvalue weighted by Gasteiger charge is -2.05. The van der Waals surface area contributed by atoms with E-state index >= 15 is 0 Å². The van der Waals surface area contributed by atoms with E-state index in [0.29, 0.717) is 11.4 Å². The van der Waals surface area contributed by atoms with E-state index in [1.807, 2.05) is 0 Å². The minimum Gasteiger partial charge on any atom is -0.697 e. The molecule has 0 saturated heterocycles. The van der Waals surface area contributed by atoms with Gasteiger partial charge in [0.1, 0.15) is 0 Å². The molecule has 0 fully saturated rings. The SMILES string of the molecule is [NH-]c1ccc(Br)cc1N. The average Bonchev–Trinajstić information content (AvgIpc) is 1.80. The molecule has 0 amide bonds. The first-order chi connectivity index (χ1) is 4.20. The Morgan fingerprint density at radius 2 is 2.11 bits per heavy atom. The van der Waals surface area contributed by atoms with Crippen LogP contribution in [0.5, 0.6) is 0 Å². The minimum absolute atomic E-state index is 0.373. The molecule has 3 heteroatoms. The standard InChI is InChI=1S/C6H6BrN2/c7-4-1-2-5(8)6(9)3-4/h1-3,8H,9H2/q-1. The summed E-state index contributed by atoms with van der Waals surface area (Å²) in [7, 11) is 0. The van der Waals surface area contributed by atoms with E-state index in [9.17, 15) is 0 Å². The highest BCUT2D eigenvalue weighted by Crippen LogP contribution is 2.23. The van der Waals surface area contributed by atoms with E-state index in [4.69, 9.17) is 11.5 Å². The maximum atomic E-state index is 7.17. The Bertz CT molecular complexity index is 222. The van der Waals surface area contributed by atoms with E-state index in [2.05, 4.69) is 15.9 Å². The van der Waals surface area contributed by atoms with E-state index < -0.39 is 0 Å². The molecule has 0 atom stereocenters. The van der Waals surface area contributed by atoms with Gasteiger partial charge in [-0.05, 0) is 12.1 Å². The molecular formula is C6H6BrN2-. The van der Waals surface area contributed by atoms with Gasteiger partial charge in [-0.25, -0.2) is 0 Å². The number of hydrogen-bond donors (Lipinski definition) is 1. The predicted molar refractivity (Wildman–Crippen MR) is 42.5 cm³/mol. The van der Waals surface area contributed by atoms with Gasteiger partial charge in [-0.1, -0.05) is 22.0 Å². The molecule has 0 unspecified atom stereocenters. The first-order valence-corrected chi connectivity index (χ1v) is 3.26. The van der Waals surface area contributed by atoms with Crippen LogP contribution in [0.4, 0.5) is 11.4 Å². The van der Waals surface area contributed by atoms with Crippen molar-refractivity contribution >= 4 is 27.3 Å². The third-order valence-electron chi connectivity index (χ3n) is 1.01. The Labute approximate surface area is 62.0 Å². The number of halogens is 1. The Balaban J connectivity index is 3.17. The van der Waals surface area contributed by atoms with Gasteiger partial charge in [-0.15, -0.1) is 5.69 Å². The van der Waals surface area contributed by atoms with Crippen LogP contribution >= 0.6 is 15.9 Å². The maximum Gasteiger partial charge on any atom is 0.0194 e. The van der Waals surface area contributed by atoms with E-state index in [1.165, 1.54) is 0 Å². The van der Waals surface area contributed by atoms with Crippen LogP contribution in [0.3, 0.4) is 0 Å². The summed E-state index contributed by atoms with van der Waals surface area (Å²) >= 11 is 3.23. The molecule has 0 aliphatic heterocycles. The summed E-state index contributed by atoms with van der Waals surface area (Å²) in [5, 5.41) is 0. The Morgan fingerprint density at radius 3 is 2.56 bits per heavy atom.